The zero-order valence-electron chi connectivity index (χ0n) is 9.97. The molecule has 0 saturated heterocycles. The molecule has 2 aromatic rings. The van der Waals surface area contributed by atoms with Gasteiger partial charge in [-0.05, 0) is 31.0 Å². The van der Waals surface area contributed by atoms with Gasteiger partial charge in [-0.2, -0.15) is 5.10 Å². The first-order valence-corrected chi connectivity index (χ1v) is 5.57. The number of aryl methyl sites for hydroxylation is 1. The Balaban J connectivity index is 2.74. The summed E-state index contributed by atoms with van der Waals surface area (Å²) in [4.78, 5) is 0. The van der Waals surface area contributed by atoms with Gasteiger partial charge in [-0.1, -0.05) is 11.6 Å². The number of nitrogens with two attached hydrogens (primary N) is 1. The van der Waals surface area contributed by atoms with E-state index in [0.717, 1.165) is 22.3 Å². The van der Waals surface area contributed by atoms with Gasteiger partial charge in [0.05, 0.1) is 18.3 Å². The average Bonchev–Trinajstić information content (AvgIpc) is 2.72. The maximum Gasteiger partial charge on any atom is 0.145 e. The molecule has 0 saturated carbocycles. The van der Waals surface area contributed by atoms with Crippen molar-refractivity contribution in [3.63, 3.8) is 0 Å². The summed E-state index contributed by atoms with van der Waals surface area (Å²) in [5.41, 5.74) is 9.57. The van der Waals surface area contributed by atoms with Crippen molar-refractivity contribution < 1.29 is 4.74 Å². The van der Waals surface area contributed by atoms with Gasteiger partial charge in [0.1, 0.15) is 11.6 Å². The number of aromatic amines is 1. The second kappa shape index (κ2) is 4.30. The van der Waals surface area contributed by atoms with Gasteiger partial charge in [-0.15, -0.1) is 0 Å². The number of benzene rings is 1. The Kier molecular flexibility index (Phi) is 2.98. The molecule has 3 N–H and O–H groups in total. The first-order valence-electron chi connectivity index (χ1n) is 5.19. The Bertz CT molecular complexity index is 563. The standard InChI is InChI=1S/C12H14ClN3O/c1-6-4-8(9-5-15-16-12(9)14)11(17-3)10(13)7(6)2/h4-5H,1-3H3,(H3,14,15,16). The minimum absolute atomic E-state index is 0.502. The fraction of sp³-hybridized carbons (Fsp3) is 0.250. The number of halogens is 1. The Morgan fingerprint density at radius 3 is 2.59 bits per heavy atom. The Hall–Kier alpha value is -1.68. The van der Waals surface area contributed by atoms with Gasteiger partial charge in [0.2, 0.25) is 0 Å². The predicted octanol–water partition coefficient (Wildman–Crippen LogP) is 2.94. The number of aromatic nitrogens is 2. The number of methoxy groups -OCH3 is 1. The van der Waals surface area contributed by atoms with Crippen LogP contribution in [0.15, 0.2) is 12.3 Å². The number of ether oxygens (including phenoxy) is 1. The van der Waals surface area contributed by atoms with E-state index in [1.165, 1.54) is 0 Å². The topological polar surface area (TPSA) is 63.9 Å². The van der Waals surface area contributed by atoms with Crippen LogP contribution in [0.25, 0.3) is 11.1 Å². The lowest BCUT2D eigenvalue weighted by molar-refractivity contribution is 0.416. The Labute approximate surface area is 105 Å². The lowest BCUT2D eigenvalue weighted by Gasteiger charge is -2.14. The number of H-pyrrole nitrogens is 1. The molecule has 0 fully saturated rings. The summed E-state index contributed by atoms with van der Waals surface area (Å²) in [6.07, 6.45) is 1.66. The number of rotatable bonds is 2. The Morgan fingerprint density at radius 1 is 1.35 bits per heavy atom. The number of hydrogen-bond donors (Lipinski definition) is 2. The highest BCUT2D eigenvalue weighted by molar-refractivity contribution is 6.33. The van der Waals surface area contributed by atoms with Crippen LogP contribution in [0.5, 0.6) is 5.75 Å². The monoisotopic (exact) mass is 251 g/mol. The van der Waals surface area contributed by atoms with Crippen LogP contribution in [0.3, 0.4) is 0 Å². The molecular formula is C12H14ClN3O. The highest BCUT2D eigenvalue weighted by Gasteiger charge is 2.17. The fourth-order valence-electron chi connectivity index (χ4n) is 1.76. The van der Waals surface area contributed by atoms with Gasteiger partial charge in [-0.25, -0.2) is 0 Å². The van der Waals surface area contributed by atoms with Crippen molar-refractivity contribution in [3.05, 3.63) is 28.4 Å². The maximum absolute atomic E-state index is 6.28. The van der Waals surface area contributed by atoms with Crippen molar-refractivity contribution in [2.75, 3.05) is 12.8 Å². The van der Waals surface area contributed by atoms with E-state index < -0.39 is 0 Å². The molecule has 0 aliphatic heterocycles. The number of nitrogen functional groups attached to an aromatic ring is 1. The third-order valence-electron chi connectivity index (χ3n) is 2.89. The van der Waals surface area contributed by atoms with Gasteiger partial charge < -0.3 is 10.5 Å². The summed E-state index contributed by atoms with van der Waals surface area (Å²) >= 11 is 6.28. The third kappa shape index (κ3) is 1.85. The molecule has 5 heteroatoms. The van der Waals surface area contributed by atoms with Crippen molar-refractivity contribution in [3.8, 4) is 16.9 Å². The molecule has 0 aliphatic carbocycles. The molecule has 0 amide bonds. The van der Waals surface area contributed by atoms with E-state index >= 15 is 0 Å². The number of anilines is 1. The van der Waals surface area contributed by atoms with Gasteiger partial charge >= 0.3 is 0 Å². The van der Waals surface area contributed by atoms with E-state index in [0.29, 0.717) is 16.6 Å². The molecule has 0 atom stereocenters. The van der Waals surface area contributed by atoms with Crippen LogP contribution in [0, 0.1) is 13.8 Å². The molecule has 2 rings (SSSR count). The zero-order valence-corrected chi connectivity index (χ0v) is 10.7. The quantitative estimate of drug-likeness (QED) is 0.863. The van der Waals surface area contributed by atoms with E-state index in [2.05, 4.69) is 10.2 Å². The van der Waals surface area contributed by atoms with E-state index in [1.807, 2.05) is 19.9 Å². The molecule has 0 bridgehead atoms. The predicted molar refractivity (Wildman–Crippen MR) is 69.5 cm³/mol. The van der Waals surface area contributed by atoms with Crippen molar-refractivity contribution in [1.82, 2.24) is 10.2 Å². The molecule has 4 nitrogen and oxygen atoms in total. The van der Waals surface area contributed by atoms with Gasteiger partial charge in [0.15, 0.2) is 0 Å². The summed E-state index contributed by atoms with van der Waals surface area (Å²) in [7, 11) is 1.59. The van der Waals surface area contributed by atoms with Crippen LogP contribution in [0.4, 0.5) is 5.82 Å². The van der Waals surface area contributed by atoms with Crippen LogP contribution in [-0.4, -0.2) is 17.3 Å². The number of hydrogen-bond acceptors (Lipinski definition) is 3. The van der Waals surface area contributed by atoms with Crippen molar-refractivity contribution >= 4 is 17.4 Å². The van der Waals surface area contributed by atoms with E-state index in [-0.39, 0.29) is 0 Å². The fourth-order valence-corrected chi connectivity index (χ4v) is 2.09. The highest BCUT2D eigenvalue weighted by atomic mass is 35.5. The second-order valence-corrected chi connectivity index (χ2v) is 4.29. The number of nitrogens with zero attached hydrogens (tertiary/aromatic N) is 1. The smallest absolute Gasteiger partial charge is 0.145 e. The van der Waals surface area contributed by atoms with E-state index in [1.54, 1.807) is 13.3 Å². The molecule has 0 radical (unpaired) electrons. The largest absolute Gasteiger partial charge is 0.495 e. The average molecular weight is 252 g/mol. The zero-order chi connectivity index (χ0) is 12.6. The first kappa shape index (κ1) is 11.8. The molecule has 0 spiro atoms. The van der Waals surface area contributed by atoms with Crippen LogP contribution in [0.2, 0.25) is 5.02 Å². The van der Waals surface area contributed by atoms with Crippen molar-refractivity contribution in [1.29, 1.82) is 0 Å². The van der Waals surface area contributed by atoms with Crippen LogP contribution >= 0.6 is 11.6 Å². The summed E-state index contributed by atoms with van der Waals surface area (Å²) in [6, 6.07) is 2.00. The molecule has 0 aliphatic rings. The Morgan fingerprint density at radius 2 is 2.06 bits per heavy atom. The number of nitrogens with one attached hydrogen (secondary N) is 1. The normalized spacial score (nSPS) is 10.6. The molecule has 17 heavy (non-hydrogen) atoms. The summed E-state index contributed by atoms with van der Waals surface area (Å²) in [5, 5.41) is 7.22. The first-order chi connectivity index (χ1) is 8.06. The highest BCUT2D eigenvalue weighted by Crippen LogP contribution is 2.41. The van der Waals surface area contributed by atoms with E-state index in [9.17, 15) is 0 Å². The molecule has 1 aromatic heterocycles. The van der Waals surface area contributed by atoms with Gasteiger partial charge in [-0.3, -0.25) is 5.10 Å². The molecule has 90 valence electrons. The summed E-state index contributed by atoms with van der Waals surface area (Å²) in [5.74, 6) is 1.13. The van der Waals surface area contributed by atoms with E-state index in [4.69, 9.17) is 22.1 Å². The van der Waals surface area contributed by atoms with Gasteiger partial charge in [0, 0.05) is 11.1 Å². The van der Waals surface area contributed by atoms with Crippen LogP contribution in [0.1, 0.15) is 11.1 Å². The second-order valence-electron chi connectivity index (χ2n) is 3.91. The SMILES string of the molecule is COc1c(-c2cn[nH]c2N)cc(C)c(C)c1Cl. The van der Waals surface area contributed by atoms with Crippen LogP contribution in [-0.2, 0) is 0 Å². The molecular weight excluding hydrogens is 238 g/mol. The molecule has 0 unspecified atom stereocenters. The lowest BCUT2D eigenvalue weighted by atomic mass is 10.0. The van der Waals surface area contributed by atoms with Crippen molar-refractivity contribution in [2.45, 2.75) is 13.8 Å². The minimum atomic E-state index is 0.502. The molecule has 1 aromatic carbocycles. The lowest BCUT2D eigenvalue weighted by Crippen LogP contribution is -1.95. The molecule has 1 heterocycles. The van der Waals surface area contributed by atoms with Crippen LogP contribution < -0.4 is 10.5 Å². The summed E-state index contributed by atoms with van der Waals surface area (Å²) in [6.45, 7) is 3.96. The minimum Gasteiger partial charge on any atom is -0.495 e. The van der Waals surface area contributed by atoms with Gasteiger partial charge in [0.25, 0.3) is 0 Å². The maximum atomic E-state index is 6.28. The van der Waals surface area contributed by atoms with Crippen molar-refractivity contribution in [2.24, 2.45) is 0 Å². The summed E-state index contributed by atoms with van der Waals surface area (Å²) < 4.78 is 5.36. The third-order valence-corrected chi connectivity index (χ3v) is 3.34.